The average molecular weight is 478 g/mol. The van der Waals surface area contributed by atoms with E-state index in [4.69, 9.17) is 9.47 Å². The number of ether oxygens (including phenoxy) is 2. The second-order valence-corrected chi connectivity index (χ2v) is 9.17. The van der Waals surface area contributed by atoms with Crippen molar-refractivity contribution in [2.75, 3.05) is 32.1 Å². The zero-order valence-electron chi connectivity index (χ0n) is 19.9. The first-order valence-electron chi connectivity index (χ1n) is 11.6. The fourth-order valence-electron chi connectivity index (χ4n) is 4.01. The van der Waals surface area contributed by atoms with E-state index in [0.29, 0.717) is 53.7 Å². The van der Waals surface area contributed by atoms with E-state index >= 15 is 0 Å². The lowest BCUT2D eigenvalue weighted by molar-refractivity contribution is -0.122. The van der Waals surface area contributed by atoms with E-state index < -0.39 is 6.10 Å². The Morgan fingerprint density at radius 2 is 1.94 bits per heavy atom. The molecule has 182 valence electrons. The van der Waals surface area contributed by atoms with E-state index in [1.807, 2.05) is 0 Å². The zero-order valence-corrected chi connectivity index (χ0v) is 19.9. The molecule has 0 radical (unpaired) electrons. The number of hydrogen-bond acceptors (Lipinski definition) is 7. The summed E-state index contributed by atoms with van der Waals surface area (Å²) in [6, 6.07) is 8.53. The molecule has 10 nitrogen and oxygen atoms in total. The predicted molar refractivity (Wildman–Crippen MR) is 129 cm³/mol. The summed E-state index contributed by atoms with van der Waals surface area (Å²) in [6.45, 7) is 1.14. The molecule has 1 aliphatic heterocycles. The first-order chi connectivity index (χ1) is 16.8. The fraction of sp³-hybridized carbons (Fsp3) is 0.400. The number of carbonyl (C=O) groups is 2. The molecular formula is C25H27N5O5. The van der Waals surface area contributed by atoms with Gasteiger partial charge in [-0.3, -0.25) is 19.0 Å². The molecule has 10 heteroatoms. The van der Waals surface area contributed by atoms with Crippen molar-refractivity contribution in [3.8, 4) is 11.6 Å². The van der Waals surface area contributed by atoms with Crippen molar-refractivity contribution in [1.29, 1.82) is 0 Å². The normalized spacial score (nSPS) is 17.6. The quantitative estimate of drug-likeness (QED) is 0.512. The van der Waals surface area contributed by atoms with Crippen LogP contribution >= 0.6 is 0 Å². The Morgan fingerprint density at radius 3 is 2.63 bits per heavy atom. The van der Waals surface area contributed by atoms with Crippen LogP contribution in [0.3, 0.4) is 0 Å². The van der Waals surface area contributed by atoms with Crippen molar-refractivity contribution in [1.82, 2.24) is 19.4 Å². The van der Waals surface area contributed by atoms with Crippen LogP contribution in [0.2, 0.25) is 0 Å². The zero-order chi connectivity index (χ0) is 24.7. The molecule has 0 bridgehead atoms. The number of carbonyl (C=O) groups excluding carboxylic acids is 2. The smallest absolute Gasteiger partial charge is 0.289 e. The van der Waals surface area contributed by atoms with Gasteiger partial charge in [0.15, 0.2) is 6.10 Å². The molecule has 2 amide bonds. The van der Waals surface area contributed by atoms with Gasteiger partial charge in [0.25, 0.3) is 17.4 Å². The van der Waals surface area contributed by atoms with Crippen molar-refractivity contribution < 1.29 is 19.1 Å². The van der Waals surface area contributed by atoms with Crippen LogP contribution in [0.1, 0.15) is 29.9 Å². The second-order valence-electron chi connectivity index (χ2n) is 9.17. The van der Waals surface area contributed by atoms with Crippen LogP contribution in [-0.4, -0.2) is 64.6 Å². The van der Waals surface area contributed by atoms with Gasteiger partial charge in [0.1, 0.15) is 5.75 Å². The van der Waals surface area contributed by atoms with Gasteiger partial charge in [0.2, 0.25) is 11.7 Å². The maximum atomic E-state index is 13.1. The highest BCUT2D eigenvalue weighted by Gasteiger charge is 2.34. The number of nitrogens with zero attached hydrogens (tertiary/aromatic N) is 5. The Bertz CT molecular complexity index is 1350. The minimum atomic E-state index is -0.647. The van der Waals surface area contributed by atoms with Crippen molar-refractivity contribution in [3.63, 3.8) is 0 Å². The molecule has 35 heavy (non-hydrogen) atoms. The van der Waals surface area contributed by atoms with E-state index in [1.54, 1.807) is 55.5 Å². The van der Waals surface area contributed by atoms with Gasteiger partial charge in [-0.05, 0) is 43.0 Å². The molecule has 3 heterocycles. The highest BCUT2D eigenvalue weighted by atomic mass is 16.5. The fourth-order valence-corrected chi connectivity index (χ4v) is 4.01. The summed E-state index contributed by atoms with van der Waals surface area (Å²) in [5.41, 5.74) is 0.634. The minimum Gasteiger partial charge on any atom is -0.479 e. The van der Waals surface area contributed by atoms with Crippen LogP contribution in [-0.2, 0) is 11.8 Å². The summed E-state index contributed by atoms with van der Waals surface area (Å²) in [5, 5.41) is 0.337. The lowest BCUT2D eigenvalue weighted by atomic mass is 10.2. The van der Waals surface area contributed by atoms with Crippen LogP contribution in [0.15, 0.2) is 41.3 Å². The Kier molecular flexibility index (Phi) is 5.88. The number of anilines is 1. The average Bonchev–Trinajstić information content (AvgIpc) is 3.62. The molecule has 2 aromatic heterocycles. The number of fused-ring (bicyclic) bond motifs is 1. The van der Waals surface area contributed by atoms with E-state index in [9.17, 15) is 14.4 Å². The van der Waals surface area contributed by atoms with Gasteiger partial charge >= 0.3 is 0 Å². The van der Waals surface area contributed by atoms with Crippen LogP contribution < -0.4 is 19.9 Å². The highest BCUT2D eigenvalue weighted by Crippen LogP contribution is 2.30. The van der Waals surface area contributed by atoms with E-state index in [0.717, 1.165) is 0 Å². The van der Waals surface area contributed by atoms with Crippen LogP contribution in [0, 0.1) is 5.92 Å². The number of pyridine rings is 1. The first-order valence-corrected chi connectivity index (χ1v) is 11.6. The molecule has 1 aliphatic carbocycles. The number of amides is 2. The summed E-state index contributed by atoms with van der Waals surface area (Å²) in [6.07, 6.45) is 3.84. The summed E-state index contributed by atoms with van der Waals surface area (Å²) < 4.78 is 12.8. The minimum absolute atomic E-state index is 0.0588. The molecule has 2 fully saturated rings. The molecule has 5 rings (SSSR count). The largest absolute Gasteiger partial charge is 0.479 e. The number of rotatable bonds is 7. The lowest BCUT2D eigenvalue weighted by Gasteiger charge is -2.18. The Hall–Kier alpha value is -3.95. The van der Waals surface area contributed by atoms with Crippen LogP contribution in [0.4, 0.5) is 5.69 Å². The monoisotopic (exact) mass is 477 g/mol. The molecule has 1 unspecified atom stereocenters. The maximum absolute atomic E-state index is 13.1. The molecule has 1 atom stereocenters. The molecule has 0 spiro atoms. The third kappa shape index (κ3) is 4.55. The SMILES string of the molecule is CN(C)C(=O)c1nc2ccc(N3CCC(Oc4ccc(OCC5CC5)nc4)C3=O)cc2c(=O)n1C. The van der Waals surface area contributed by atoms with Gasteiger partial charge in [-0.15, -0.1) is 0 Å². The van der Waals surface area contributed by atoms with Crippen molar-refractivity contribution in [3.05, 3.63) is 52.7 Å². The molecule has 3 aromatic rings. The van der Waals surface area contributed by atoms with Gasteiger partial charge in [-0.2, -0.15) is 0 Å². The number of benzene rings is 1. The Balaban J connectivity index is 1.31. The first kappa shape index (κ1) is 22.8. The molecule has 2 aliphatic rings. The van der Waals surface area contributed by atoms with Gasteiger partial charge in [-0.1, -0.05) is 0 Å². The third-order valence-corrected chi connectivity index (χ3v) is 6.28. The maximum Gasteiger partial charge on any atom is 0.289 e. The molecule has 1 saturated heterocycles. The Morgan fingerprint density at radius 1 is 1.14 bits per heavy atom. The summed E-state index contributed by atoms with van der Waals surface area (Å²) in [7, 11) is 4.72. The highest BCUT2D eigenvalue weighted by molar-refractivity contribution is 6.01. The molecule has 0 N–H and O–H groups in total. The summed E-state index contributed by atoms with van der Waals surface area (Å²) >= 11 is 0. The van der Waals surface area contributed by atoms with Crippen molar-refractivity contribution in [2.24, 2.45) is 13.0 Å². The second kappa shape index (κ2) is 9.01. The number of aromatic nitrogens is 3. The van der Waals surface area contributed by atoms with Crippen LogP contribution in [0.5, 0.6) is 11.6 Å². The lowest BCUT2D eigenvalue weighted by Crippen LogP contribution is -2.33. The molecular weight excluding hydrogens is 450 g/mol. The summed E-state index contributed by atoms with van der Waals surface area (Å²) in [5.74, 6) is 1.20. The van der Waals surface area contributed by atoms with E-state index in [1.165, 1.54) is 29.4 Å². The Labute approximate surface area is 202 Å². The summed E-state index contributed by atoms with van der Waals surface area (Å²) in [4.78, 5) is 50.0. The predicted octanol–water partition coefficient (Wildman–Crippen LogP) is 2.00. The van der Waals surface area contributed by atoms with Crippen LogP contribution in [0.25, 0.3) is 10.9 Å². The van der Waals surface area contributed by atoms with Crippen molar-refractivity contribution in [2.45, 2.75) is 25.4 Å². The molecule has 1 saturated carbocycles. The number of hydrogen-bond donors (Lipinski definition) is 0. The van der Waals surface area contributed by atoms with Gasteiger partial charge in [-0.25, -0.2) is 9.97 Å². The third-order valence-electron chi connectivity index (χ3n) is 6.28. The van der Waals surface area contributed by atoms with Gasteiger partial charge in [0, 0.05) is 45.9 Å². The van der Waals surface area contributed by atoms with Crippen molar-refractivity contribution >= 4 is 28.4 Å². The van der Waals surface area contributed by atoms with Gasteiger partial charge in [0.05, 0.1) is 23.7 Å². The van der Waals surface area contributed by atoms with E-state index in [2.05, 4.69) is 9.97 Å². The van der Waals surface area contributed by atoms with E-state index in [-0.39, 0.29) is 23.2 Å². The van der Waals surface area contributed by atoms with Gasteiger partial charge < -0.3 is 19.3 Å². The standard InChI is InChI=1S/C25H27N5O5/c1-28(2)25(33)22-27-19-8-6-16(12-18(19)23(31)29(22)3)30-11-10-20(24(30)32)35-17-7-9-21(26-13-17)34-14-15-4-5-15/h6-9,12-13,15,20H,4-5,10-11,14H2,1-3H3. The topological polar surface area (TPSA) is 107 Å². The molecule has 1 aromatic carbocycles.